The van der Waals surface area contributed by atoms with Crippen LogP contribution in [0.15, 0.2) is 0 Å². The molecule has 0 aromatic rings. The molecule has 0 radical (unpaired) electrons. The lowest BCUT2D eigenvalue weighted by atomic mass is 9.85. The minimum absolute atomic E-state index is 0.302. The van der Waals surface area contributed by atoms with Crippen molar-refractivity contribution in [1.82, 2.24) is 0 Å². The summed E-state index contributed by atoms with van der Waals surface area (Å²) in [5.41, 5.74) is 6.14. The van der Waals surface area contributed by atoms with E-state index < -0.39 is 0 Å². The topological polar surface area (TPSA) is 35.2 Å². The lowest BCUT2D eigenvalue weighted by Gasteiger charge is -2.35. The van der Waals surface area contributed by atoms with E-state index in [4.69, 9.17) is 10.5 Å². The summed E-state index contributed by atoms with van der Waals surface area (Å²) >= 11 is 0. The van der Waals surface area contributed by atoms with Gasteiger partial charge in [-0.2, -0.15) is 0 Å². The van der Waals surface area contributed by atoms with Crippen LogP contribution in [0.2, 0.25) is 0 Å². The molecule has 2 nitrogen and oxygen atoms in total. The van der Waals surface area contributed by atoms with Crippen molar-refractivity contribution in [2.45, 2.75) is 83.0 Å². The molecule has 2 aliphatic rings. The maximum Gasteiger partial charge on any atom is 0.0729 e. The second-order valence-electron chi connectivity index (χ2n) is 5.69. The molecule has 0 bridgehead atoms. The Kier molecular flexibility index (Phi) is 4.66. The van der Waals surface area contributed by atoms with Crippen molar-refractivity contribution in [2.24, 2.45) is 11.7 Å². The minimum atomic E-state index is 0.302. The molecule has 0 amide bonds. The zero-order chi connectivity index (χ0) is 11.4. The Labute approximate surface area is 99.9 Å². The van der Waals surface area contributed by atoms with Crippen molar-refractivity contribution in [1.29, 1.82) is 0 Å². The summed E-state index contributed by atoms with van der Waals surface area (Å²) in [6.07, 6.45) is 12.4. The van der Waals surface area contributed by atoms with Gasteiger partial charge < -0.3 is 10.5 Å². The largest absolute Gasteiger partial charge is 0.373 e. The quantitative estimate of drug-likeness (QED) is 0.800. The van der Waals surface area contributed by atoms with E-state index in [-0.39, 0.29) is 0 Å². The van der Waals surface area contributed by atoms with Crippen LogP contribution in [0.3, 0.4) is 0 Å². The van der Waals surface area contributed by atoms with E-state index in [0.29, 0.717) is 18.2 Å². The van der Waals surface area contributed by atoms with Crippen LogP contribution < -0.4 is 5.73 Å². The van der Waals surface area contributed by atoms with E-state index >= 15 is 0 Å². The van der Waals surface area contributed by atoms with Crippen LogP contribution in [-0.4, -0.2) is 18.2 Å². The average Bonchev–Trinajstić information content (AvgIpc) is 2.32. The second-order valence-corrected chi connectivity index (χ2v) is 5.69. The summed E-state index contributed by atoms with van der Waals surface area (Å²) in [6, 6.07) is 0.302. The first-order valence-corrected chi connectivity index (χ1v) is 7.20. The normalized spacial score (nSPS) is 40.9. The molecule has 2 N–H and O–H groups in total. The van der Waals surface area contributed by atoms with Gasteiger partial charge in [0.2, 0.25) is 0 Å². The fourth-order valence-electron chi connectivity index (χ4n) is 3.28. The lowest BCUT2D eigenvalue weighted by Crippen LogP contribution is -2.42. The molecule has 0 saturated heterocycles. The molecule has 2 saturated carbocycles. The Morgan fingerprint density at radius 3 is 2.62 bits per heavy atom. The van der Waals surface area contributed by atoms with Crippen LogP contribution in [0.25, 0.3) is 0 Å². The summed E-state index contributed by atoms with van der Waals surface area (Å²) in [5.74, 6) is 0.901. The van der Waals surface area contributed by atoms with E-state index in [2.05, 4.69) is 6.92 Å². The molecule has 0 aromatic carbocycles. The molecule has 0 heterocycles. The number of nitrogens with two attached hydrogens (primary N) is 1. The summed E-state index contributed by atoms with van der Waals surface area (Å²) in [5, 5.41) is 0. The first-order valence-electron chi connectivity index (χ1n) is 7.20. The Balaban J connectivity index is 1.79. The molecule has 2 rings (SSSR count). The maximum absolute atomic E-state index is 6.25. The molecular weight excluding hydrogens is 198 g/mol. The highest BCUT2D eigenvalue weighted by atomic mass is 16.5. The summed E-state index contributed by atoms with van der Waals surface area (Å²) < 4.78 is 6.25. The highest BCUT2D eigenvalue weighted by Crippen LogP contribution is 2.31. The third-order valence-electron chi connectivity index (χ3n) is 4.43. The van der Waals surface area contributed by atoms with E-state index in [1.165, 1.54) is 51.4 Å². The van der Waals surface area contributed by atoms with Crippen LogP contribution >= 0.6 is 0 Å². The molecule has 2 aliphatic carbocycles. The summed E-state index contributed by atoms with van der Waals surface area (Å²) in [7, 11) is 0. The van der Waals surface area contributed by atoms with Gasteiger partial charge in [0, 0.05) is 6.04 Å². The molecule has 2 fully saturated rings. The number of rotatable bonds is 3. The fraction of sp³-hybridized carbons (Fsp3) is 1.00. The van der Waals surface area contributed by atoms with E-state index in [9.17, 15) is 0 Å². The second kappa shape index (κ2) is 6.02. The van der Waals surface area contributed by atoms with E-state index in [0.717, 1.165) is 12.3 Å². The molecule has 4 atom stereocenters. The van der Waals surface area contributed by atoms with Crippen molar-refractivity contribution in [2.75, 3.05) is 0 Å². The smallest absolute Gasteiger partial charge is 0.0729 e. The average molecular weight is 225 g/mol. The first-order chi connectivity index (χ1) is 7.79. The Hall–Kier alpha value is -0.0800. The zero-order valence-electron chi connectivity index (χ0n) is 10.7. The zero-order valence-corrected chi connectivity index (χ0v) is 10.7. The van der Waals surface area contributed by atoms with Gasteiger partial charge in [-0.1, -0.05) is 39.0 Å². The highest BCUT2D eigenvalue weighted by Gasteiger charge is 2.28. The predicted molar refractivity (Wildman–Crippen MR) is 67.4 cm³/mol. The van der Waals surface area contributed by atoms with Crippen molar-refractivity contribution in [3.05, 3.63) is 0 Å². The maximum atomic E-state index is 6.25. The SMILES string of the molecule is CCC1CCCC(OC2CCCCC2N)C1. The van der Waals surface area contributed by atoms with Crippen molar-refractivity contribution < 1.29 is 4.74 Å². The Bertz CT molecular complexity index is 207. The minimum Gasteiger partial charge on any atom is -0.373 e. The van der Waals surface area contributed by atoms with E-state index in [1.54, 1.807) is 0 Å². The third-order valence-corrected chi connectivity index (χ3v) is 4.43. The van der Waals surface area contributed by atoms with Crippen LogP contribution in [0.4, 0.5) is 0 Å². The van der Waals surface area contributed by atoms with Crippen LogP contribution in [0, 0.1) is 5.92 Å². The molecule has 4 unspecified atom stereocenters. The van der Waals surface area contributed by atoms with Crippen LogP contribution in [-0.2, 0) is 4.74 Å². The van der Waals surface area contributed by atoms with Crippen molar-refractivity contribution in [3.8, 4) is 0 Å². The highest BCUT2D eigenvalue weighted by molar-refractivity contribution is 4.81. The third kappa shape index (κ3) is 3.21. The van der Waals surface area contributed by atoms with Gasteiger partial charge in [-0.3, -0.25) is 0 Å². The molecular formula is C14H27NO. The molecule has 94 valence electrons. The van der Waals surface area contributed by atoms with Gasteiger partial charge in [0.05, 0.1) is 12.2 Å². The van der Waals surface area contributed by atoms with Gasteiger partial charge in [0.1, 0.15) is 0 Å². The van der Waals surface area contributed by atoms with Gasteiger partial charge in [-0.05, 0) is 31.6 Å². The summed E-state index contributed by atoms with van der Waals surface area (Å²) in [4.78, 5) is 0. The Morgan fingerprint density at radius 2 is 1.88 bits per heavy atom. The summed E-state index contributed by atoms with van der Waals surface area (Å²) in [6.45, 7) is 2.30. The van der Waals surface area contributed by atoms with Crippen molar-refractivity contribution >= 4 is 0 Å². The van der Waals surface area contributed by atoms with Gasteiger partial charge in [0.25, 0.3) is 0 Å². The van der Waals surface area contributed by atoms with Crippen LogP contribution in [0.1, 0.15) is 64.7 Å². The van der Waals surface area contributed by atoms with Gasteiger partial charge in [-0.25, -0.2) is 0 Å². The van der Waals surface area contributed by atoms with Crippen molar-refractivity contribution in [3.63, 3.8) is 0 Å². The van der Waals surface area contributed by atoms with Crippen LogP contribution in [0.5, 0.6) is 0 Å². The predicted octanol–water partition coefficient (Wildman–Crippen LogP) is 3.24. The standard InChI is InChI=1S/C14H27NO/c1-2-11-6-5-7-12(10-11)16-14-9-4-3-8-13(14)15/h11-14H,2-10,15H2,1H3. The van der Waals surface area contributed by atoms with Gasteiger partial charge in [-0.15, -0.1) is 0 Å². The van der Waals surface area contributed by atoms with Gasteiger partial charge in [0.15, 0.2) is 0 Å². The molecule has 16 heavy (non-hydrogen) atoms. The monoisotopic (exact) mass is 225 g/mol. The molecule has 2 heteroatoms. The molecule has 0 aliphatic heterocycles. The number of ether oxygens (including phenoxy) is 1. The van der Waals surface area contributed by atoms with E-state index in [1.807, 2.05) is 0 Å². The lowest BCUT2D eigenvalue weighted by molar-refractivity contribution is -0.0627. The fourth-order valence-corrected chi connectivity index (χ4v) is 3.28. The first kappa shape index (κ1) is 12.4. The molecule has 0 spiro atoms. The Morgan fingerprint density at radius 1 is 1.06 bits per heavy atom. The number of hydrogen-bond acceptors (Lipinski definition) is 2. The number of hydrogen-bond donors (Lipinski definition) is 1. The molecule has 0 aromatic heterocycles. The van der Waals surface area contributed by atoms with Gasteiger partial charge >= 0.3 is 0 Å².